The van der Waals surface area contributed by atoms with Crippen molar-refractivity contribution in [3.05, 3.63) is 65.3 Å². The number of carbonyl (C=O) groups excluding carboxylic acids is 2. The molecule has 1 atom stereocenters. The number of Topliss-reactive ketones (excluding diaryl/α,β-unsaturated/α-hetero) is 1. The van der Waals surface area contributed by atoms with E-state index in [9.17, 15) is 27.9 Å². The molecule has 5 nitrogen and oxygen atoms in total. The Balaban J connectivity index is 2.18. The zero-order valence-electron chi connectivity index (χ0n) is 15.4. The van der Waals surface area contributed by atoms with Gasteiger partial charge in [-0.3, -0.25) is 14.5 Å². The van der Waals surface area contributed by atoms with E-state index in [0.717, 1.165) is 23.1 Å². The zero-order valence-corrected chi connectivity index (χ0v) is 15.4. The number of hydrogen-bond donors (Lipinski definition) is 1. The predicted molar refractivity (Wildman–Crippen MR) is 94.5 cm³/mol. The number of aliphatic hydroxyl groups excluding tert-OH is 1. The zero-order chi connectivity index (χ0) is 20.9. The molecule has 1 unspecified atom stereocenters. The molecule has 1 amide bonds. The lowest BCUT2D eigenvalue weighted by Crippen LogP contribution is -2.32. The molecule has 3 rings (SSSR count). The molecule has 1 aliphatic rings. The summed E-state index contributed by atoms with van der Waals surface area (Å²) in [5, 5.41) is 10.4. The Bertz CT molecular complexity index is 953. The van der Waals surface area contributed by atoms with Crippen LogP contribution >= 0.6 is 0 Å². The summed E-state index contributed by atoms with van der Waals surface area (Å²) in [6, 6.07) is 5.99. The van der Waals surface area contributed by atoms with Crippen LogP contribution in [-0.2, 0) is 15.8 Å². The van der Waals surface area contributed by atoms with Gasteiger partial charge in [-0.05, 0) is 30.3 Å². The maximum atomic E-state index is 13.1. The summed E-state index contributed by atoms with van der Waals surface area (Å²) in [6.45, 7) is 4.85. The summed E-state index contributed by atoms with van der Waals surface area (Å²) >= 11 is 0. The number of halogens is 3. The molecule has 8 heteroatoms. The predicted octanol–water partition coefficient (Wildman–Crippen LogP) is 4.81. The van der Waals surface area contributed by atoms with Gasteiger partial charge in [0.15, 0.2) is 11.5 Å². The van der Waals surface area contributed by atoms with Crippen molar-refractivity contribution in [1.82, 2.24) is 0 Å². The third kappa shape index (κ3) is 3.30. The van der Waals surface area contributed by atoms with Crippen molar-refractivity contribution >= 4 is 17.4 Å². The van der Waals surface area contributed by atoms with Gasteiger partial charge in [-0.1, -0.05) is 26.8 Å². The van der Waals surface area contributed by atoms with Crippen LogP contribution in [0.25, 0.3) is 0 Å². The number of hydrogen-bond acceptors (Lipinski definition) is 4. The van der Waals surface area contributed by atoms with Crippen LogP contribution in [0.2, 0.25) is 0 Å². The SMILES string of the molecule is CC(C)(C)C(=O)C1=C(O)C(=O)N(c2cccc(C(F)(F)F)c2)C1c1ccco1. The van der Waals surface area contributed by atoms with Crippen molar-refractivity contribution in [1.29, 1.82) is 0 Å². The molecule has 1 aliphatic heterocycles. The fourth-order valence-corrected chi connectivity index (χ4v) is 3.06. The van der Waals surface area contributed by atoms with Gasteiger partial charge < -0.3 is 9.52 Å². The van der Waals surface area contributed by atoms with Crippen LogP contribution in [-0.4, -0.2) is 16.8 Å². The number of ketones is 1. The standard InChI is InChI=1S/C20H18F3NO4/c1-19(2,3)17(26)14-15(13-8-5-9-28-13)24(18(27)16(14)25)12-7-4-6-11(10-12)20(21,22)23/h4-10,15,25H,1-3H3. The van der Waals surface area contributed by atoms with Gasteiger partial charge in [0.2, 0.25) is 0 Å². The molecule has 28 heavy (non-hydrogen) atoms. The third-order valence-corrected chi connectivity index (χ3v) is 4.40. The molecule has 0 aliphatic carbocycles. The van der Waals surface area contributed by atoms with Crippen molar-refractivity contribution in [2.24, 2.45) is 5.41 Å². The molecule has 1 aromatic heterocycles. The fraction of sp³-hybridized carbons (Fsp3) is 0.300. The molecular weight excluding hydrogens is 375 g/mol. The minimum atomic E-state index is -4.61. The quantitative estimate of drug-likeness (QED) is 0.812. The average molecular weight is 393 g/mol. The highest BCUT2D eigenvalue weighted by Crippen LogP contribution is 2.44. The van der Waals surface area contributed by atoms with Crippen molar-refractivity contribution in [2.75, 3.05) is 4.90 Å². The van der Waals surface area contributed by atoms with Crippen LogP contribution in [0.4, 0.5) is 18.9 Å². The average Bonchev–Trinajstić information content (AvgIpc) is 3.20. The first-order valence-electron chi connectivity index (χ1n) is 8.45. The van der Waals surface area contributed by atoms with Gasteiger partial charge in [0, 0.05) is 11.1 Å². The number of alkyl halides is 3. The summed E-state index contributed by atoms with van der Waals surface area (Å²) in [5.74, 6) is -2.11. The van der Waals surface area contributed by atoms with E-state index in [-0.39, 0.29) is 17.0 Å². The van der Waals surface area contributed by atoms with Crippen molar-refractivity contribution in [3.8, 4) is 0 Å². The molecule has 1 aromatic carbocycles. The van der Waals surface area contributed by atoms with E-state index >= 15 is 0 Å². The minimum absolute atomic E-state index is 0.107. The topological polar surface area (TPSA) is 70.8 Å². The van der Waals surface area contributed by atoms with Crippen LogP contribution in [0.1, 0.15) is 38.1 Å². The van der Waals surface area contributed by atoms with Crippen molar-refractivity contribution in [2.45, 2.75) is 33.0 Å². The van der Waals surface area contributed by atoms with E-state index in [1.807, 2.05) is 0 Å². The Morgan fingerprint density at radius 2 is 1.82 bits per heavy atom. The highest BCUT2D eigenvalue weighted by Gasteiger charge is 2.48. The lowest BCUT2D eigenvalue weighted by atomic mass is 9.83. The van der Waals surface area contributed by atoms with E-state index in [0.29, 0.717) is 0 Å². The number of anilines is 1. The molecule has 0 saturated heterocycles. The summed E-state index contributed by atoms with van der Waals surface area (Å²) in [6.07, 6.45) is -3.29. The Labute approximate surface area is 159 Å². The fourth-order valence-electron chi connectivity index (χ4n) is 3.06. The molecule has 2 aromatic rings. The molecule has 0 fully saturated rings. The Hall–Kier alpha value is -3.03. The number of amides is 1. The summed E-state index contributed by atoms with van der Waals surface area (Å²) in [7, 11) is 0. The van der Waals surface area contributed by atoms with Gasteiger partial charge in [0.25, 0.3) is 5.91 Å². The van der Waals surface area contributed by atoms with Crippen LogP contribution in [0.15, 0.2) is 58.4 Å². The van der Waals surface area contributed by atoms with Crippen LogP contribution in [0, 0.1) is 5.41 Å². The Kier molecular flexibility index (Phi) is 4.61. The molecule has 1 N–H and O–H groups in total. The number of benzene rings is 1. The van der Waals surface area contributed by atoms with Crippen LogP contribution in [0.3, 0.4) is 0 Å². The molecule has 0 bridgehead atoms. The molecular formula is C20H18F3NO4. The van der Waals surface area contributed by atoms with E-state index in [4.69, 9.17) is 4.42 Å². The number of aliphatic hydroxyl groups is 1. The number of nitrogens with zero attached hydrogens (tertiary/aromatic N) is 1. The second-order valence-electron chi connectivity index (χ2n) is 7.48. The van der Waals surface area contributed by atoms with Gasteiger partial charge in [-0.15, -0.1) is 0 Å². The lowest BCUT2D eigenvalue weighted by Gasteiger charge is -2.27. The number of rotatable bonds is 3. The Morgan fingerprint density at radius 3 is 2.36 bits per heavy atom. The third-order valence-electron chi connectivity index (χ3n) is 4.40. The van der Waals surface area contributed by atoms with Gasteiger partial charge in [0.1, 0.15) is 11.8 Å². The van der Waals surface area contributed by atoms with E-state index < -0.39 is 40.6 Å². The van der Waals surface area contributed by atoms with Gasteiger partial charge in [-0.25, -0.2) is 0 Å². The van der Waals surface area contributed by atoms with Gasteiger partial charge in [-0.2, -0.15) is 13.2 Å². The van der Waals surface area contributed by atoms with Crippen molar-refractivity contribution in [3.63, 3.8) is 0 Å². The largest absolute Gasteiger partial charge is 0.503 e. The Morgan fingerprint density at radius 1 is 1.14 bits per heavy atom. The van der Waals surface area contributed by atoms with E-state index in [1.54, 1.807) is 20.8 Å². The molecule has 148 valence electrons. The maximum absolute atomic E-state index is 13.1. The van der Waals surface area contributed by atoms with Gasteiger partial charge >= 0.3 is 6.18 Å². The summed E-state index contributed by atoms with van der Waals surface area (Å²) < 4.78 is 44.7. The van der Waals surface area contributed by atoms with Crippen LogP contribution in [0.5, 0.6) is 0 Å². The lowest BCUT2D eigenvalue weighted by molar-refractivity contribution is -0.137. The second-order valence-corrected chi connectivity index (χ2v) is 7.48. The van der Waals surface area contributed by atoms with E-state index in [1.165, 1.54) is 24.5 Å². The summed E-state index contributed by atoms with van der Waals surface area (Å²) in [5.41, 5.74) is -2.20. The highest BCUT2D eigenvalue weighted by atomic mass is 19.4. The molecule has 0 saturated carbocycles. The first-order valence-corrected chi connectivity index (χ1v) is 8.45. The smallest absolute Gasteiger partial charge is 0.416 e. The molecule has 0 radical (unpaired) electrons. The monoisotopic (exact) mass is 393 g/mol. The van der Waals surface area contributed by atoms with Crippen molar-refractivity contribution < 1.29 is 32.3 Å². The first kappa shape index (κ1) is 19.7. The first-order chi connectivity index (χ1) is 12.9. The molecule has 0 spiro atoms. The number of furan rings is 1. The minimum Gasteiger partial charge on any atom is -0.503 e. The molecule has 2 heterocycles. The summed E-state index contributed by atoms with van der Waals surface area (Å²) in [4.78, 5) is 26.6. The highest BCUT2D eigenvalue weighted by molar-refractivity contribution is 6.17. The van der Waals surface area contributed by atoms with Gasteiger partial charge in [0.05, 0.1) is 17.4 Å². The maximum Gasteiger partial charge on any atom is 0.416 e. The van der Waals surface area contributed by atoms with E-state index in [2.05, 4.69) is 0 Å². The normalized spacial score (nSPS) is 18.1. The van der Waals surface area contributed by atoms with Crippen LogP contribution < -0.4 is 4.90 Å². The number of carbonyl (C=O) groups is 2. The second kappa shape index (κ2) is 6.54.